The van der Waals surface area contributed by atoms with Gasteiger partial charge in [0.05, 0.1) is 11.7 Å². The Morgan fingerprint density at radius 1 is 0.366 bits per heavy atom. The normalized spacial score (nSPS) is 24.1. The van der Waals surface area contributed by atoms with Gasteiger partial charge in [-0.2, -0.15) is 0 Å². The lowest BCUT2D eigenvalue weighted by Crippen LogP contribution is -2.65. The molecule has 5 heteroatoms. The predicted molar refractivity (Wildman–Crippen MR) is 398 cm³/mol. The summed E-state index contributed by atoms with van der Waals surface area (Å²) < 4.78 is 7.95. The maximum absolute atomic E-state index is 7.95. The molecule has 3 heterocycles. The standard InChI is InChI=1S/C88H110BN3O/c1-78(2,3)53-24-33-74-59(44-53)76-77(93-74)89-70-51-68-69(88(22,23)43-42-87(68,20)21)52-71(70)91(56-27-31-62-66(47-56)85(16,17)40-36-81(62,8)9)72-49-58(50-73(75(72)89)92(76)57-28-32-63-67(48-57)86(18,19)41-37-82(63,10)11)90(54-25-29-60-64(45-54)83(12,13)38-34-79(60,4)5)55-26-30-61-65(46-55)84(14,15)39-35-80(61,6)7/h24-33,44-52,76-77H,34-43H2,1-23H3. The summed E-state index contributed by atoms with van der Waals surface area (Å²) in [5.41, 5.74) is 30.3. The molecule has 4 nitrogen and oxygen atoms in total. The highest BCUT2D eigenvalue weighted by Gasteiger charge is 2.57. The molecule has 0 saturated carbocycles. The number of hydrogen-bond donors (Lipinski definition) is 0. The Morgan fingerprint density at radius 2 is 0.742 bits per heavy atom. The fourth-order valence-corrected chi connectivity index (χ4v) is 19.5. The molecule has 3 aliphatic heterocycles. The second-order valence-corrected chi connectivity index (χ2v) is 38.7. The molecule has 2 unspecified atom stereocenters. The SMILES string of the molecule is CC(C)(C)c1ccc2c(c1)C1C(O2)B2c3cc4c(cc3N(c3ccc5c(c3)C(C)(C)CCC5(C)C)c3cc(N(c5ccc6c(c5)C(C)(C)CCC6(C)C)c5ccc6c(c5)C(C)(C)CCC6(C)C)cc(c32)N1c1ccc2c(c1)C(C)(C)CCC2(C)C)C(C)(C)CCC4(C)C. The smallest absolute Gasteiger partial charge is 0.267 e. The van der Waals surface area contributed by atoms with Crippen LogP contribution in [0, 0.1) is 0 Å². The van der Waals surface area contributed by atoms with Gasteiger partial charge in [0.1, 0.15) is 11.8 Å². The first-order valence-corrected chi connectivity index (χ1v) is 36.3. The van der Waals surface area contributed by atoms with Crippen LogP contribution in [0.5, 0.6) is 5.75 Å². The predicted octanol–water partition coefficient (Wildman–Crippen LogP) is 22.8. The van der Waals surface area contributed by atoms with Crippen molar-refractivity contribution in [3.8, 4) is 5.75 Å². The van der Waals surface area contributed by atoms with Crippen molar-refractivity contribution in [2.24, 2.45) is 0 Å². The quantitative estimate of drug-likeness (QED) is 0.160. The highest BCUT2D eigenvalue weighted by Crippen LogP contribution is 2.60. The number of anilines is 8. The van der Waals surface area contributed by atoms with Crippen LogP contribution < -0.4 is 30.4 Å². The van der Waals surface area contributed by atoms with Gasteiger partial charge in [-0.15, -0.1) is 0 Å². The van der Waals surface area contributed by atoms with Gasteiger partial charge in [-0.1, -0.05) is 196 Å². The van der Waals surface area contributed by atoms with Crippen molar-refractivity contribution >= 4 is 63.1 Å². The van der Waals surface area contributed by atoms with Crippen molar-refractivity contribution in [1.29, 1.82) is 0 Å². The summed E-state index contributed by atoms with van der Waals surface area (Å²) in [6.45, 7) is 57.0. The number of ether oxygens (including phenoxy) is 1. The molecule has 0 spiro atoms. The van der Waals surface area contributed by atoms with Crippen LogP contribution in [0.2, 0.25) is 0 Å². The van der Waals surface area contributed by atoms with E-state index in [9.17, 15) is 0 Å². The molecule has 0 amide bonds. The van der Waals surface area contributed by atoms with Crippen molar-refractivity contribution in [1.82, 2.24) is 0 Å². The Kier molecular flexibility index (Phi) is 13.4. The summed E-state index contributed by atoms with van der Waals surface area (Å²) in [4.78, 5) is 8.34. The molecule has 0 saturated heterocycles. The molecule has 93 heavy (non-hydrogen) atoms. The Bertz CT molecular complexity index is 4220. The third-order valence-corrected chi connectivity index (χ3v) is 26.5. The zero-order chi connectivity index (χ0) is 66.5. The fraction of sp³-hybridized carbons (Fsp3) is 0.523. The van der Waals surface area contributed by atoms with Crippen LogP contribution in [0.1, 0.15) is 296 Å². The topological polar surface area (TPSA) is 19.0 Å². The third-order valence-electron chi connectivity index (χ3n) is 26.5. The number of nitrogens with zero attached hydrogens (tertiary/aromatic N) is 3. The molecule has 0 N–H and O–H groups in total. The minimum absolute atomic E-state index is 0.000275. The van der Waals surface area contributed by atoms with Crippen molar-refractivity contribution in [3.05, 3.63) is 182 Å². The second-order valence-electron chi connectivity index (χ2n) is 38.7. The van der Waals surface area contributed by atoms with Crippen molar-refractivity contribution in [2.75, 3.05) is 14.7 Å². The van der Waals surface area contributed by atoms with Crippen molar-refractivity contribution < 1.29 is 4.74 Å². The first kappa shape index (κ1) is 62.9. The zero-order valence-corrected chi connectivity index (χ0v) is 61.5. The molecule has 0 aromatic heterocycles. The molecule has 5 aliphatic carbocycles. The summed E-state index contributed by atoms with van der Waals surface area (Å²) in [6.07, 6.45) is 11.6. The monoisotopic (exact) mass is 1240 g/mol. The first-order chi connectivity index (χ1) is 43.1. The summed E-state index contributed by atoms with van der Waals surface area (Å²) in [5.74, 6) is 1.01. The van der Waals surface area contributed by atoms with E-state index in [0.29, 0.717) is 0 Å². The fourth-order valence-electron chi connectivity index (χ4n) is 19.5. The Hall–Kier alpha value is -6.20. The molecule has 486 valence electrons. The number of fused-ring (bicyclic) bond motifs is 11. The van der Waals surface area contributed by atoms with Crippen LogP contribution in [0.25, 0.3) is 0 Å². The van der Waals surface area contributed by atoms with Crippen molar-refractivity contribution in [2.45, 2.75) is 295 Å². The van der Waals surface area contributed by atoms with E-state index in [-0.39, 0.29) is 78.3 Å². The average molecular weight is 1240 g/mol. The molecule has 7 aromatic rings. The van der Waals surface area contributed by atoms with Gasteiger partial charge in [0, 0.05) is 45.4 Å². The molecule has 15 rings (SSSR count). The zero-order valence-electron chi connectivity index (χ0n) is 61.5. The summed E-state index contributed by atoms with van der Waals surface area (Å²) >= 11 is 0. The van der Waals surface area contributed by atoms with Gasteiger partial charge < -0.3 is 19.4 Å². The molecular formula is C88H110BN3O. The largest absolute Gasteiger partial charge is 0.495 e. The maximum Gasteiger partial charge on any atom is 0.267 e. The van der Waals surface area contributed by atoms with Gasteiger partial charge in [0.15, 0.2) is 0 Å². The molecule has 2 atom stereocenters. The van der Waals surface area contributed by atoms with Gasteiger partial charge in [0.25, 0.3) is 6.71 Å². The number of hydrogen-bond acceptors (Lipinski definition) is 4. The molecule has 0 bridgehead atoms. The van der Waals surface area contributed by atoms with Gasteiger partial charge >= 0.3 is 0 Å². The maximum atomic E-state index is 7.95. The highest BCUT2D eigenvalue weighted by molar-refractivity contribution is 6.91. The van der Waals surface area contributed by atoms with Gasteiger partial charge in [-0.3, -0.25) is 0 Å². The lowest BCUT2D eigenvalue weighted by molar-refractivity contribution is 0.282. The second kappa shape index (κ2) is 19.7. The van der Waals surface area contributed by atoms with E-state index in [1.54, 1.807) is 0 Å². The summed E-state index contributed by atoms with van der Waals surface area (Å²) in [5, 5.41) is 0. The Morgan fingerprint density at radius 3 is 1.19 bits per heavy atom. The van der Waals surface area contributed by atoms with Crippen LogP contribution in [0.3, 0.4) is 0 Å². The molecule has 0 radical (unpaired) electrons. The first-order valence-electron chi connectivity index (χ1n) is 36.3. The molecular weight excluding hydrogens is 1130 g/mol. The minimum atomic E-state index is -0.233. The molecule has 7 aromatic carbocycles. The van der Waals surface area contributed by atoms with E-state index < -0.39 is 0 Å². The lowest BCUT2D eigenvalue weighted by Gasteiger charge is -2.50. The molecule has 8 aliphatic rings. The number of rotatable bonds is 5. The van der Waals surface area contributed by atoms with Gasteiger partial charge in [-0.05, 0) is 275 Å². The van der Waals surface area contributed by atoms with Gasteiger partial charge in [0.2, 0.25) is 0 Å². The Balaban J connectivity index is 1.11. The summed E-state index contributed by atoms with van der Waals surface area (Å²) in [6, 6.07) is 48.4. The van der Waals surface area contributed by atoms with Crippen molar-refractivity contribution in [3.63, 3.8) is 0 Å². The van der Waals surface area contributed by atoms with Crippen LogP contribution in [0.15, 0.2) is 115 Å². The summed E-state index contributed by atoms with van der Waals surface area (Å²) in [7, 11) is 0. The van der Waals surface area contributed by atoms with E-state index in [2.05, 4.69) is 289 Å². The third kappa shape index (κ3) is 9.50. The van der Waals surface area contributed by atoms with Crippen LogP contribution in [0.4, 0.5) is 45.5 Å². The minimum Gasteiger partial charge on any atom is -0.495 e. The number of benzene rings is 7. The van der Waals surface area contributed by atoms with E-state index >= 15 is 0 Å². The average Bonchev–Trinajstić information content (AvgIpc) is 1.67. The van der Waals surface area contributed by atoms with E-state index in [4.69, 9.17) is 4.74 Å². The molecule has 0 fully saturated rings. The van der Waals surface area contributed by atoms with Gasteiger partial charge in [-0.25, -0.2) is 0 Å². The Labute approximate surface area is 562 Å². The van der Waals surface area contributed by atoms with E-state index in [1.807, 2.05) is 0 Å². The van der Waals surface area contributed by atoms with Crippen LogP contribution >= 0.6 is 0 Å². The van der Waals surface area contributed by atoms with E-state index in [1.165, 1.54) is 149 Å². The van der Waals surface area contributed by atoms with Crippen LogP contribution in [-0.2, 0) is 59.6 Å². The van der Waals surface area contributed by atoms with E-state index in [0.717, 1.165) is 44.3 Å². The highest BCUT2D eigenvalue weighted by atomic mass is 16.5. The van der Waals surface area contributed by atoms with Crippen LogP contribution in [-0.4, -0.2) is 12.7 Å². The lowest BCUT2D eigenvalue weighted by atomic mass is 9.32.